The van der Waals surface area contributed by atoms with Crippen molar-refractivity contribution in [2.24, 2.45) is 0 Å². The highest BCUT2D eigenvalue weighted by Crippen LogP contribution is 2.25. The maximum Gasteiger partial charge on any atom is 0.319 e. The first-order valence-corrected chi connectivity index (χ1v) is 7.12. The lowest BCUT2D eigenvalue weighted by molar-refractivity contribution is 0.102. The highest BCUT2D eigenvalue weighted by Gasteiger charge is 2.17. The third kappa shape index (κ3) is 4.06. The fourth-order valence-electron chi connectivity index (χ4n) is 1.80. The second-order valence-corrected chi connectivity index (χ2v) is 4.25. The number of anilines is 1. The van der Waals surface area contributed by atoms with E-state index >= 15 is 0 Å². The summed E-state index contributed by atoms with van der Waals surface area (Å²) < 4.78 is 15.7. The number of aromatic nitrogens is 3. The Labute approximate surface area is 133 Å². The van der Waals surface area contributed by atoms with Gasteiger partial charge in [0.15, 0.2) is 0 Å². The van der Waals surface area contributed by atoms with Crippen molar-refractivity contribution in [3.05, 3.63) is 30.1 Å². The average molecular weight is 318 g/mol. The molecule has 8 heteroatoms. The van der Waals surface area contributed by atoms with Gasteiger partial charge in [-0.2, -0.15) is 4.98 Å². The van der Waals surface area contributed by atoms with Crippen LogP contribution in [0, 0.1) is 0 Å². The van der Waals surface area contributed by atoms with Crippen LogP contribution in [0.2, 0.25) is 0 Å². The molecule has 23 heavy (non-hydrogen) atoms. The molecule has 122 valence electrons. The van der Waals surface area contributed by atoms with Gasteiger partial charge in [-0.15, -0.1) is 0 Å². The van der Waals surface area contributed by atoms with Crippen LogP contribution in [0.5, 0.6) is 17.8 Å². The van der Waals surface area contributed by atoms with Gasteiger partial charge in [0, 0.05) is 6.20 Å². The lowest BCUT2D eigenvalue weighted by atomic mass is 10.2. The Morgan fingerprint density at radius 1 is 1.17 bits per heavy atom. The molecule has 0 atom stereocenters. The van der Waals surface area contributed by atoms with Crippen LogP contribution in [-0.4, -0.2) is 41.2 Å². The minimum absolute atomic E-state index is 0.188. The van der Waals surface area contributed by atoms with E-state index in [9.17, 15) is 4.79 Å². The Balaban J connectivity index is 2.26. The van der Waals surface area contributed by atoms with Gasteiger partial charge in [0.2, 0.25) is 11.8 Å². The number of pyridine rings is 1. The van der Waals surface area contributed by atoms with E-state index in [0.717, 1.165) is 0 Å². The molecule has 0 aliphatic rings. The number of hydrogen-bond acceptors (Lipinski definition) is 7. The van der Waals surface area contributed by atoms with Crippen molar-refractivity contribution in [1.29, 1.82) is 0 Å². The molecule has 0 spiro atoms. The van der Waals surface area contributed by atoms with Crippen LogP contribution in [0.1, 0.15) is 24.2 Å². The van der Waals surface area contributed by atoms with Crippen LogP contribution in [0.25, 0.3) is 0 Å². The zero-order valence-electron chi connectivity index (χ0n) is 13.2. The minimum atomic E-state index is -0.399. The Morgan fingerprint density at radius 2 is 1.96 bits per heavy atom. The summed E-state index contributed by atoms with van der Waals surface area (Å²) in [5, 5.41) is 2.69. The standard InChI is InChI=1S/C15H18N4O4/c1-4-22-14-11(9-17-15(19-14)23-5-2)18-12(20)10-7-6-8-16-13(10)21-3/h6-9H,4-5H2,1-3H3,(H,18,20). The summed E-state index contributed by atoms with van der Waals surface area (Å²) in [4.78, 5) is 24.5. The molecule has 0 radical (unpaired) electrons. The molecular formula is C15H18N4O4. The molecule has 0 bridgehead atoms. The van der Waals surface area contributed by atoms with Gasteiger partial charge >= 0.3 is 6.01 Å². The largest absolute Gasteiger partial charge is 0.480 e. The quantitative estimate of drug-likeness (QED) is 0.833. The molecule has 0 aromatic carbocycles. The molecule has 0 saturated heterocycles. The number of nitrogens with zero attached hydrogens (tertiary/aromatic N) is 3. The normalized spacial score (nSPS) is 10.0. The molecule has 0 fully saturated rings. The number of amides is 1. The summed E-state index contributed by atoms with van der Waals surface area (Å²) in [7, 11) is 1.45. The number of nitrogens with one attached hydrogen (secondary N) is 1. The molecule has 0 unspecified atom stereocenters. The highest BCUT2D eigenvalue weighted by molar-refractivity contribution is 6.06. The maximum absolute atomic E-state index is 12.4. The molecule has 1 N–H and O–H groups in total. The second kappa shape index (κ2) is 7.92. The summed E-state index contributed by atoms with van der Waals surface area (Å²) in [6, 6.07) is 3.44. The summed E-state index contributed by atoms with van der Waals surface area (Å²) in [5.74, 6) is 0.0700. The van der Waals surface area contributed by atoms with Gasteiger partial charge in [0.1, 0.15) is 11.3 Å². The predicted octanol–water partition coefficient (Wildman–Crippen LogP) is 1.93. The number of ether oxygens (including phenoxy) is 3. The smallest absolute Gasteiger partial charge is 0.319 e. The lowest BCUT2D eigenvalue weighted by Gasteiger charge is -2.12. The maximum atomic E-state index is 12.4. The predicted molar refractivity (Wildman–Crippen MR) is 83.1 cm³/mol. The van der Waals surface area contributed by atoms with Crippen LogP contribution in [0.15, 0.2) is 24.5 Å². The number of carbonyl (C=O) groups excluding carboxylic acids is 1. The summed E-state index contributed by atoms with van der Waals surface area (Å²) in [6.45, 7) is 4.47. The fraction of sp³-hybridized carbons (Fsp3) is 0.333. The van der Waals surface area contributed by atoms with Gasteiger partial charge in [0.05, 0.1) is 26.5 Å². The third-order valence-electron chi connectivity index (χ3n) is 2.74. The van der Waals surface area contributed by atoms with Crippen molar-refractivity contribution in [1.82, 2.24) is 15.0 Å². The summed E-state index contributed by atoms with van der Waals surface area (Å²) >= 11 is 0. The van der Waals surface area contributed by atoms with Crippen molar-refractivity contribution in [3.8, 4) is 17.8 Å². The van der Waals surface area contributed by atoms with E-state index in [4.69, 9.17) is 14.2 Å². The van der Waals surface area contributed by atoms with E-state index in [2.05, 4.69) is 20.3 Å². The van der Waals surface area contributed by atoms with Crippen molar-refractivity contribution in [3.63, 3.8) is 0 Å². The molecule has 0 aliphatic heterocycles. The van der Waals surface area contributed by atoms with E-state index in [0.29, 0.717) is 24.5 Å². The SMILES string of the molecule is CCOc1ncc(NC(=O)c2cccnc2OC)c(OCC)n1. The lowest BCUT2D eigenvalue weighted by Crippen LogP contribution is -2.15. The van der Waals surface area contributed by atoms with Crippen molar-refractivity contribution >= 4 is 11.6 Å². The monoisotopic (exact) mass is 318 g/mol. The molecule has 2 aromatic rings. The van der Waals surface area contributed by atoms with E-state index in [-0.39, 0.29) is 17.8 Å². The molecule has 2 heterocycles. The average Bonchev–Trinajstić information content (AvgIpc) is 2.57. The molecule has 0 saturated carbocycles. The zero-order valence-corrected chi connectivity index (χ0v) is 13.2. The zero-order chi connectivity index (χ0) is 16.7. The Morgan fingerprint density at radius 3 is 2.65 bits per heavy atom. The van der Waals surface area contributed by atoms with Crippen molar-refractivity contribution < 1.29 is 19.0 Å². The molecule has 2 aromatic heterocycles. The van der Waals surface area contributed by atoms with Crippen LogP contribution >= 0.6 is 0 Å². The van der Waals surface area contributed by atoms with Gasteiger partial charge in [-0.25, -0.2) is 9.97 Å². The summed E-state index contributed by atoms with van der Waals surface area (Å²) in [5.41, 5.74) is 0.637. The Hall–Kier alpha value is -2.90. The molecule has 8 nitrogen and oxygen atoms in total. The topological polar surface area (TPSA) is 95.5 Å². The Bertz CT molecular complexity index is 678. The molecule has 1 amide bonds. The molecule has 2 rings (SSSR count). The second-order valence-electron chi connectivity index (χ2n) is 4.25. The highest BCUT2D eigenvalue weighted by atomic mass is 16.5. The van der Waals surface area contributed by atoms with Crippen LogP contribution < -0.4 is 19.5 Å². The first kappa shape index (κ1) is 16.5. The van der Waals surface area contributed by atoms with Crippen molar-refractivity contribution in [2.75, 3.05) is 25.6 Å². The van der Waals surface area contributed by atoms with Gasteiger partial charge in [0.25, 0.3) is 5.91 Å². The van der Waals surface area contributed by atoms with Gasteiger partial charge in [-0.3, -0.25) is 4.79 Å². The number of rotatable bonds is 7. The van der Waals surface area contributed by atoms with Crippen LogP contribution in [0.4, 0.5) is 5.69 Å². The number of carbonyl (C=O) groups is 1. The minimum Gasteiger partial charge on any atom is -0.480 e. The van der Waals surface area contributed by atoms with Gasteiger partial charge < -0.3 is 19.5 Å². The fourth-order valence-corrected chi connectivity index (χ4v) is 1.80. The summed E-state index contributed by atoms with van der Waals surface area (Å²) in [6.07, 6.45) is 2.98. The van der Waals surface area contributed by atoms with E-state index < -0.39 is 5.91 Å². The van der Waals surface area contributed by atoms with Crippen LogP contribution in [-0.2, 0) is 0 Å². The van der Waals surface area contributed by atoms with E-state index in [1.807, 2.05) is 13.8 Å². The number of methoxy groups -OCH3 is 1. The Kier molecular flexibility index (Phi) is 5.67. The molecule has 0 aliphatic carbocycles. The van der Waals surface area contributed by atoms with Crippen molar-refractivity contribution in [2.45, 2.75) is 13.8 Å². The van der Waals surface area contributed by atoms with Crippen LogP contribution in [0.3, 0.4) is 0 Å². The number of hydrogen-bond donors (Lipinski definition) is 1. The first-order valence-electron chi connectivity index (χ1n) is 7.12. The van der Waals surface area contributed by atoms with E-state index in [1.165, 1.54) is 13.3 Å². The van der Waals surface area contributed by atoms with Gasteiger partial charge in [-0.05, 0) is 26.0 Å². The van der Waals surface area contributed by atoms with Gasteiger partial charge in [-0.1, -0.05) is 0 Å². The van der Waals surface area contributed by atoms with E-state index in [1.54, 1.807) is 18.3 Å². The first-order chi connectivity index (χ1) is 11.2. The third-order valence-corrected chi connectivity index (χ3v) is 2.74. The molecular weight excluding hydrogens is 300 g/mol.